The second-order valence-electron chi connectivity index (χ2n) is 3.94. The third-order valence-electron chi connectivity index (χ3n) is 2.29. The molecule has 1 aromatic carbocycles. The lowest BCUT2D eigenvalue weighted by Crippen LogP contribution is -2.10. The average molecular weight is 313 g/mol. The number of nitrogens with one attached hydrogen (secondary N) is 2. The third-order valence-corrected chi connectivity index (χ3v) is 2.87. The maximum atomic E-state index is 11.2. The van der Waals surface area contributed by atoms with Crippen molar-refractivity contribution >= 4 is 35.4 Å². The number of H-pyrrole nitrogens is 1. The van der Waals surface area contributed by atoms with Gasteiger partial charge in [0.1, 0.15) is 0 Å². The molecule has 6 nitrogen and oxygen atoms in total. The van der Waals surface area contributed by atoms with Gasteiger partial charge in [-0.05, 0) is 24.6 Å². The van der Waals surface area contributed by atoms with Crippen molar-refractivity contribution in [2.45, 2.75) is 6.92 Å². The first-order valence-corrected chi connectivity index (χ1v) is 6.26. The summed E-state index contributed by atoms with van der Waals surface area (Å²) in [6, 6.07) is 4.37. The van der Waals surface area contributed by atoms with Gasteiger partial charge in [-0.25, -0.2) is 10.4 Å². The predicted octanol–water partition coefficient (Wildman–Crippen LogP) is 2.54. The number of anilines is 1. The van der Waals surface area contributed by atoms with E-state index in [4.69, 9.17) is 23.2 Å². The van der Waals surface area contributed by atoms with Crippen LogP contribution in [-0.2, 0) is 0 Å². The third kappa shape index (κ3) is 3.49. The molecule has 0 bridgehead atoms. The maximum Gasteiger partial charge on any atom is 0.252 e. The van der Waals surface area contributed by atoms with Crippen molar-refractivity contribution in [3.63, 3.8) is 0 Å². The van der Waals surface area contributed by atoms with E-state index in [0.29, 0.717) is 11.3 Å². The Morgan fingerprint density at radius 2 is 2.00 bits per heavy atom. The molecule has 0 saturated carbocycles. The Hall–Kier alpha value is -2.05. The van der Waals surface area contributed by atoms with E-state index in [1.165, 1.54) is 24.4 Å². The summed E-state index contributed by atoms with van der Waals surface area (Å²) in [5.74, 6) is 0.0466. The number of hydrogen-bond acceptors (Lipinski definition) is 5. The Labute approximate surface area is 124 Å². The highest BCUT2D eigenvalue weighted by molar-refractivity contribution is 6.37. The summed E-state index contributed by atoms with van der Waals surface area (Å²) in [5, 5.41) is 13.6. The van der Waals surface area contributed by atoms with Crippen molar-refractivity contribution in [1.29, 1.82) is 0 Å². The van der Waals surface area contributed by atoms with Gasteiger partial charge in [0.25, 0.3) is 5.56 Å². The number of aromatic amines is 1. The molecule has 2 aromatic rings. The van der Waals surface area contributed by atoms with E-state index in [1.54, 1.807) is 6.92 Å². The Balaban J connectivity index is 2.16. The zero-order valence-electron chi connectivity index (χ0n) is 10.3. The van der Waals surface area contributed by atoms with Crippen LogP contribution in [0.25, 0.3) is 0 Å². The molecule has 20 heavy (non-hydrogen) atoms. The predicted molar refractivity (Wildman–Crippen MR) is 78.9 cm³/mol. The number of aromatic hydroxyl groups is 1. The van der Waals surface area contributed by atoms with Gasteiger partial charge in [0.15, 0.2) is 5.75 Å². The van der Waals surface area contributed by atoms with Crippen LogP contribution in [-0.4, -0.2) is 21.3 Å². The quantitative estimate of drug-likeness (QED) is 0.600. The Kier molecular flexibility index (Phi) is 4.26. The number of rotatable bonds is 3. The monoisotopic (exact) mass is 312 g/mol. The number of nitrogens with zero attached hydrogens (tertiary/aromatic N) is 2. The lowest BCUT2D eigenvalue weighted by atomic mass is 10.2. The standard InChI is InChI=1S/C12H10Cl2N4O2/c1-6-2-10(19)17-12(16-6)18-15-5-7-3-8(13)11(20)9(14)4-7/h2-5,20H,1H3,(H2,16,17,18,19)/b15-5-. The first-order valence-electron chi connectivity index (χ1n) is 5.51. The number of halogens is 2. The van der Waals surface area contributed by atoms with E-state index in [2.05, 4.69) is 20.5 Å². The van der Waals surface area contributed by atoms with Crippen LogP contribution in [0.15, 0.2) is 28.1 Å². The molecule has 0 aliphatic heterocycles. The number of aryl methyl sites for hydroxylation is 1. The number of hydrogen-bond donors (Lipinski definition) is 3. The summed E-state index contributed by atoms with van der Waals surface area (Å²) in [7, 11) is 0. The highest BCUT2D eigenvalue weighted by atomic mass is 35.5. The van der Waals surface area contributed by atoms with Crippen molar-refractivity contribution in [3.8, 4) is 5.75 Å². The smallest absolute Gasteiger partial charge is 0.252 e. The topological polar surface area (TPSA) is 90.4 Å². The molecular weight excluding hydrogens is 303 g/mol. The molecule has 2 rings (SSSR count). The van der Waals surface area contributed by atoms with Gasteiger partial charge in [-0.2, -0.15) is 5.10 Å². The first kappa shape index (κ1) is 14.4. The zero-order chi connectivity index (χ0) is 14.7. The number of phenolic OH excluding ortho intramolecular Hbond substituents is 1. The summed E-state index contributed by atoms with van der Waals surface area (Å²) in [6.45, 7) is 1.70. The molecule has 1 heterocycles. The van der Waals surface area contributed by atoms with E-state index < -0.39 is 0 Å². The van der Waals surface area contributed by atoms with E-state index >= 15 is 0 Å². The molecule has 0 spiro atoms. The maximum absolute atomic E-state index is 11.2. The van der Waals surface area contributed by atoms with Gasteiger partial charge in [-0.15, -0.1) is 0 Å². The Morgan fingerprint density at radius 1 is 1.35 bits per heavy atom. The van der Waals surface area contributed by atoms with Crippen molar-refractivity contribution in [3.05, 3.63) is 49.9 Å². The fraction of sp³-hybridized carbons (Fsp3) is 0.0833. The SMILES string of the molecule is Cc1cc(=O)[nH]c(N/N=C\c2cc(Cl)c(O)c(Cl)c2)n1. The first-order chi connectivity index (χ1) is 9.45. The lowest BCUT2D eigenvalue weighted by molar-refractivity contribution is 0.476. The van der Waals surface area contributed by atoms with Crippen LogP contribution in [0.2, 0.25) is 10.0 Å². The van der Waals surface area contributed by atoms with Crippen LogP contribution in [0.3, 0.4) is 0 Å². The largest absolute Gasteiger partial charge is 0.505 e. The molecule has 0 unspecified atom stereocenters. The van der Waals surface area contributed by atoms with Gasteiger partial charge >= 0.3 is 0 Å². The summed E-state index contributed by atoms with van der Waals surface area (Å²) in [4.78, 5) is 17.7. The molecule has 0 saturated heterocycles. The summed E-state index contributed by atoms with van der Waals surface area (Å²) in [6.07, 6.45) is 1.43. The average Bonchev–Trinajstić information content (AvgIpc) is 2.34. The van der Waals surface area contributed by atoms with Gasteiger partial charge < -0.3 is 5.11 Å². The van der Waals surface area contributed by atoms with Crippen molar-refractivity contribution in [2.75, 3.05) is 5.43 Å². The number of phenols is 1. The molecule has 0 radical (unpaired) electrons. The zero-order valence-corrected chi connectivity index (χ0v) is 11.8. The molecule has 1 aromatic heterocycles. The summed E-state index contributed by atoms with van der Waals surface area (Å²) >= 11 is 11.6. The van der Waals surface area contributed by atoms with Crippen LogP contribution in [0.1, 0.15) is 11.3 Å². The van der Waals surface area contributed by atoms with Crippen molar-refractivity contribution in [2.24, 2.45) is 5.10 Å². The molecule has 3 N–H and O–H groups in total. The minimum atomic E-state index is -0.272. The van der Waals surface area contributed by atoms with Gasteiger partial charge in [0.05, 0.1) is 16.3 Å². The van der Waals surface area contributed by atoms with Crippen molar-refractivity contribution in [1.82, 2.24) is 9.97 Å². The second kappa shape index (κ2) is 5.94. The second-order valence-corrected chi connectivity index (χ2v) is 4.75. The highest BCUT2D eigenvalue weighted by Gasteiger charge is 2.05. The minimum Gasteiger partial charge on any atom is -0.505 e. The Morgan fingerprint density at radius 3 is 2.60 bits per heavy atom. The van der Waals surface area contributed by atoms with Gasteiger partial charge in [-0.3, -0.25) is 9.78 Å². The van der Waals surface area contributed by atoms with Gasteiger partial charge in [0.2, 0.25) is 5.95 Å². The highest BCUT2D eigenvalue weighted by Crippen LogP contribution is 2.32. The van der Waals surface area contributed by atoms with Crippen LogP contribution in [0.4, 0.5) is 5.95 Å². The van der Waals surface area contributed by atoms with Gasteiger partial charge in [-0.1, -0.05) is 23.2 Å². The molecule has 0 aliphatic carbocycles. The van der Waals surface area contributed by atoms with Crippen LogP contribution >= 0.6 is 23.2 Å². The van der Waals surface area contributed by atoms with Crippen LogP contribution < -0.4 is 11.0 Å². The molecule has 0 atom stereocenters. The molecule has 0 aliphatic rings. The summed E-state index contributed by atoms with van der Waals surface area (Å²) < 4.78 is 0. The number of benzene rings is 1. The minimum absolute atomic E-state index is 0.126. The number of hydrazone groups is 1. The molecule has 8 heteroatoms. The molecule has 0 fully saturated rings. The van der Waals surface area contributed by atoms with Gasteiger partial charge in [0, 0.05) is 11.8 Å². The fourth-order valence-electron chi connectivity index (χ4n) is 1.46. The Bertz CT molecular complexity index is 705. The van der Waals surface area contributed by atoms with E-state index in [0.717, 1.165) is 0 Å². The lowest BCUT2D eigenvalue weighted by Gasteiger charge is -2.02. The fourth-order valence-corrected chi connectivity index (χ4v) is 1.96. The molecular formula is C12H10Cl2N4O2. The van der Waals surface area contributed by atoms with E-state index in [-0.39, 0.29) is 27.3 Å². The molecule has 0 amide bonds. The van der Waals surface area contributed by atoms with E-state index in [9.17, 15) is 9.90 Å². The normalized spacial score (nSPS) is 10.9. The molecule has 104 valence electrons. The summed E-state index contributed by atoms with van der Waals surface area (Å²) in [5.41, 5.74) is 3.47. The van der Waals surface area contributed by atoms with Crippen molar-refractivity contribution < 1.29 is 5.11 Å². The van der Waals surface area contributed by atoms with Crippen LogP contribution in [0.5, 0.6) is 5.75 Å². The van der Waals surface area contributed by atoms with E-state index in [1.807, 2.05) is 0 Å². The van der Waals surface area contributed by atoms with Crippen LogP contribution in [0, 0.1) is 6.92 Å². The number of aromatic nitrogens is 2.